The molecule has 0 spiro atoms. The van der Waals surface area contributed by atoms with Gasteiger partial charge in [-0.1, -0.05) is 6.07 Å². The van der Waals surface area contributed by atoms with Crippen molar-refractivity contribution in [2.45, 2.75) is 70.1 Å². The SMILES string of the molecule is CO[C@H]1CC[C@](C)(N2CCC(n3c(=O)[nH]c4ccc(C)cc43)CC2)CC1.Cl. The first-order valence-electron chi connectivity index (χ1n) is 9.99. The molecule has 2 heterocycles. The van der Waals surface area contributed by atoms with Crippen LogP contribution in [0.4, 0.5) is 0 Å². The number of nitrogens with one attached hydrogen (secondary N) is 1. The molecule has 1 saturated heterocycles. The molecule has 27 heavy (non-hydrogen) atoms. The minimum absolute atomic E-state index is 0. The van der Waals surface area contributed by atoms with Crippen molar-refractivity contribution in [3.8, 4) is 0 Å². The summed E-state index contributed by atoms with van der Waals surface area (Å²) < 4.78 is 7.55. The van der Waals surface area contributed by atoms with Gasteiger partial charge in [0.1, 0.15) is 0 Å². The van der Waals surface area contributed by atoms with Gasteiger partial charge >= 0.3 is 5.69 Å². The standard InChI is InChI=1S/C21H31N3O2.ClH/c1-15-4-5-18-19(14-15)24(20(25)22-18)16-8-12-23(13-9-16)21(2)10-6-17(26-3)7-11-21;/h4-5,14,16-17H,6-13H2,1-3H3,(H,22,25);1H/t17-,21-;. The summed E-state index contributed by atoms with van der Waals surface area (Å²) in [7, 11) is 1.83. The third-order valence-corrected chi connectivity index (χ3v) is 6.81. The van der Waals surface area contributed by atoms with Crippen molar-refractivity contribution < 1.29 is 4.74 Å². The van der Waals surface area contributed by atoms with Gasteiger partial charge in [-0.2, -0.15) is 0 Å². The Kier molecular flexibility index (Phi) is 6.04. The van der Waals surface area contributed by atoms with Crippen LogP contribution >= 0.6 is 12.4 Å². The van der Waals surface area contributed by atoms with Crippen molar-refractivity contribution in [1.82, 2.24) is 14.5 Å². The molecule has 1 aliphatic heterocycles. The van der Waals surface area contributed by atoms with E-state index >= 15 is 0 Å². The lowest BCUT2D eigenvalue weighted by atomic mass is 9.79. The predicted octanol–water partition coefficient (Wildman–Crippen LogP) is 4.04. The summed E-state index contributed by atoms with van der Waals surface area (Å²) in [4.78, 5) is 18.2. The van der Waals surface area contributed by atoms with Gasteiger partial charge in [0.05, 0.1) is 17.1 Å². The van der Waals surface area contributed by atoms with Gasteiger partial charge in [0.15, 0.2) is 0 Å². The summed E-state index contributed by atoms with van der Waals surface area (Å²) in [5, 5.41) is 0. The first-order chi connectivity index (χ1) is 12.5. The van der Waals surface area contributed by atoms with Gasteiger partial charge < -0.3 is 9.72 Å². The lowest BCUT2D eigenvalue weighted by Gasteiger charge is -2.48. The van der Waals surface area contributed by atoms with Crippen molar-refractivity contribution in [2.75, 3.05) is 20.2 Å². The summed E-state index contributed by atoms with van der Waals surface area (Å²) in [5.41, 5.74) is 3.54. The molecular formula is C21H32ClN3O2. The molecule has 4 rings (SSSR count). The number of H-pyrrole nitrogens is 1. The van der Waals surface area contributed by atoms with Crippen molar-refractivity contribution in [1.29, 1.82) is 0 Å². The third kappa shape index (κ3) is 3.82. The van der Waals surface area contributed by atoms with Crippen LogP contribution in [-0.2, 0) is 4.74 Å². The van der Waals surface area contributed by atoms with E-state index in [1.54, 1.807) is 0 Å². The number of likely N-dealkylation sites (tertiary alicyclic amines) is 1. The van der Waals surface area contributed by atoms with E-state index < -0.39 is 0 Å². The van der Waals surface area contributed by atoms with Crippen LogP contribution in [0.1, 0.15) is 57.1 Å². The van der Waals surface area contributed by atoms with Crippen LogP contribution in [0.2, 0.25) is 0 Å². The molecule has 0 unspecified atom stereocenters. The number of imidazole rings is 1. The summed E-state index contributed by atoms with van der Waals surface area (Å²) in [6.07, 6.45) is 7.27. The number of aromatic amines is 1. The Morgan fingerprint density at radius 2 is 1.81 bits per heavy atom. The second kappa shape index (κ2) is 7.98. The van der Waals surface area contributed by atoms with E-state index in [0.717, 1.165) is 49.8 Å². The van der Waals surface area contributed by atoms with E-state index in [9.17, 15) is 4.79 Å². The van der Waals surface area contributed by atoms with Gasteiger partial charge in [-0.05, 0) is 70.1 Å². The molecule has 1 N–H and O–H groups in total. The predicted molar refractivity (Wildman–Crippen MR) is 112 cm³/mol. The number of fused-ring (bicyclic) bond motifs is 1. The van der Waals surface area contributed by atoms with E-state index in [2.05, 4.69) is 35.9 Å². The second-order valence-corrected chi connectivity index (χ2v) is 8.47. The minimum atomic E-state index is 0. The zero-order valence-corrected chi connectivity index (χ0v) is 17.5. The summed E-state index contributed by atoms with van der Waals surface area (Å²) in [5.74, 6) is 0. The molecule has 1 aromatic heterocycles. The molecule has 2 fully saturated rings. The molecule has 2 aromatic rings. The summed E-state index contributed by atoms with van der Waals surface area (Å²) >= 11 is 0. The van der Waals surface area contributed by atoms with Crippen molar-refractivity contribution in [3.63, 3.8) is 0 Å². The normalized spacial score (nSPS) is 27.6. The largest absolute Gasteiger partial charge is 0.381 e. The lowest BCUT2D eigenvalue weighted by Crippen LogP contribution is -2.52. The van der Waals surface area contributed by atoms with Crippen molar-refractivity contribution >= 4 is 23.4 Å². The number of aromatic nitrogens is 2. The van der Waals surface area contributed by atoms with Gasteiger partial charge in [-0.15, -0.1) is 12.4 Å². The molecule has 5 nitrogen and oxygen atoms in total. The third-order valence-electron chi connectivity index (χ3n) is 6.81. The Morgan fingerprint density at radius 1 is 1.15 bits per heavy atom. The van der Waals surface area contributed by atoms with E-state index in [1.165, 1.54) is 18.4 Å². The quantitative estimate of drug-likeness (QED) is 0.855. The van der Waals surface area contributed by atoms with Gasteiger partial charge in [-0.3, -0.25) is 9.47 Å². The van der Waals surface area contributed by atoms with Gasteiger partial charge in [0.2, 0.25) is 0 Å². The molecule has 150 valence electrons. The summed E-state index contributed by atoms with van der Waals surface area (Å²) in [6, 6.07) is 6.51. The fourth-order valence-corrected chi connectivity index (χ4v) is 5.02. The Hall–Kier alpha value is -1.30. The zero-order chi connectivity index (χ0) is 18.3. The van der Waals surface area contributed by atoms with Gasteiger partial charge in [0, 0.05) is 31.8 Å². The number of halogens is 1. The Labute approximate surface area is 167 Å². The van der Waals surface area contributed by atoms with E-state index in [-0.39, 0.29) is 18.1 Å². The number of nitrogens with zero attached hydrogens (tertiary/aromatic N) is 2. The number of aryl methyl sites for hydroxylation is 1. The van der Waals surface area contributed by atoms with Crippen molar-refractivity contribution in [2.24, 2.45) is 0 Å². The average Bonchev–Trinajstić information content (AvgIpc) is 2.97. The minimum Gasteiger partial charge on any atom is -0.381 e. The summed E-state index contributed by atoms with van der Waals surface area (Å²) in [6.45, 7) is 6.65. The van der Waals surface area contributed by atoms with Crippen LogP contribution in [-0.4, -0.2) is 46.3 Å². The number of hydrogen-bond donors (Lipinski definition) is 1. The van der Waals surface area contributed by atoms with Crippen LogP contribution in [0.25, 0.3) is 11.0 Å². The molecule has 0 amide bonds. The maximum Gasteiger partial charge on any atom is 0.326 e. The number of rotatable bonds is 3. The number of hydrogen-bond acceptors (Lipinski definition) is 3. The highest BCUT2D eigenvalue weighted by atomic mass is 35.5. The van der Waals surface area contributed by atoms with E-state index in [4.69, 9.17) is 4.74 Å². The van der Waals surface area contributed by atoms with Crippen molar-refractivity contribution in [3.05, 3.63) is 34.2 Å². The fourth-order valence-electron chi connectivity index (χ4n) is 5.02. The first-order valence-corrected chi connectivity index (χ1v) is 9.99. The molecule has 1 aliphatic carbocycles. The molecule has 2 aliphatic rings. The molecule has 0 atom stereocenters. The van der Waals surface area contributed by atoms with E-state index in [1.807, 2.05) is 17.7 Å². The highest BCUT2D eigenvalue weighted by molar-refractivity contribution is 5.85. The van der Waals surface area contributed by atoms with Gasteiger partial charge in [-0.25, -0.2) is 4.79 Å². The Morgan fingerprint density at radius 3 is 2.44 bits per heavy atom. The Balaban J connectivity index is 0.00000210. The number of piperidine rings is 1. The average molecular weight is 394 g/mol. The molecule has 0 radical (unpaired) electrons. The lowest BCUT2D eigenvalue weighted by molar-refractivity contribution is -0.0146. The maximum atomic E-state index is 12.5. The van der Waals surface area contributed by atoms with Crippen LogP contribution in [0.3, 0.4) is 0 Å². The number of ether oxygens (including phenoxy) is 1. The van der Waals surface area contributed by atoms with E-state index in [0.29, 0.717) is 17.7 Å². The highest BCUT2D eigenvalue weighted by Crippen LogP contribution is 2.37. The highest BCUT2D eigenvalue weighted by Gasteiger charge is 2.38. The number of methoxy groups -OCH3 is 1. The topological polar surface area (TPSA) is 50.3 Å². The first kappa shape index (κ1) is 20.4. The second-order valence-electron chi connectivity index (χ2n) is 8.47. The van der Waals surface area contributed by atoms with Crippen LogP contribution < -0.4 is 5.69 Å². The molecule has 1 aromatic carbocycles. The molecule has 0 bridgehead atoms. The smallest absolute Gasteiger partial charge is 0.326 e. The van der Waals surface area contributed by atoms with Gasteiger partial charge in [0.25, 0.3) is 0 Å². The van der Waals surface area contributed by atoms with Crippen LogP contribution in [0.15, 0.2) is 23.0 Å². The molecule has 6 heteroatoms. The fraction of sp³-hybridized carbons (Fsp3) is 0.667. The van der Waals surface area contributed by atoms with Crippen LogP contribution in [0, 0.1) is 6.92 Å². The maximum absolute atomic E-state index is 12.5. The zero-order valence-electron chi connectivity index (χ0n) is 16.7. The molecule has 1 saturated carbocycles. The monoisotopic (exact) mass is 393 g/mol. The molecular weight excluding hydrogens is 362 g/mol. The number of benzene rings is 1. The van der Waals surface area contributed by atoms with Crippen LogP contribution in [0.5, 0.6) is 0 Å². The Bertz CT molecular complexity index is 828.